The van der Waals surface area contributed by atoms with Crippen LogP contribution < -0.4 is 10.1 Å². The summed E-state index contributed by atoms with van der Waals surface area (Å²) in [5, 5.41) is 3.22. The summed E-state index contributed by atoms with van der Waals surface area (Å²) >= 11 is 0. The van der Waals surface area contributed by atoms with Crippen molar-refractivity contribution < 1.29 is 14.3 Å². The van der Waals surface area contributed by atoms with Crippen LogP contribution in [-0.4, -0.2) is 42.5 Å². The van der Waals surface area contributed by atoms with E-state index in [1.165, 1.54) is 18.4 Å². The molecule has 0 radical (unpaired) electrons. The van der Waals surface area contributed by atoms with Crippen molar-refractivity contribution in [3.05, 3.63) is 29.8 Å². The van der Waals surface area contributed by atoms with Gasteiger partial charge in [0, 0.05) is 19.0 Å². The second kappa shape index (κ2) is 9.40. The van der Waals surface area contributed by atoms with Gasteiger partial charge in [-0.2, -0.15) is 0 Å². The molecule has 1 saturated heterocycles. The number of hydrogen-bond acceptors (Lipinski definition) is 3. The van der Waals surface area contributed by atoms with E-state index in [4.69, 9.17) is 4.74 Å². The van der Waals surface area contributed by atoms with Crippen LogP contribution in [0.15, 0.2) is 24.3 Å². The average molecular weight is 413 g/mol. The van der Waals surface area contributed by atoms with Gasteiger partial charge in [-0.25, -0.2) is 0 Å². The Balaban J connectivity index is 1.43. The van der Waals surface area contributed by atoms with Crippen molar-refractivity contribution in [2.24, 2.45) is 11.3 Å². The number of nitrogens with zero attached hydrogens (tertiary/aromatic N) is 1. The van der Waals surface area contributed by atoms with Gasteiger partial charge in [-0.05, 0) is 63.5 Å². The number of amides is 2. The fourth-order valence-electron chi connectivity index (χ4n) is 5.44. The summed E-state index contributed by atoms with van der Waals surface area (Å²) in [5.41, 5.74) is 0.905. The summed E-state index contributed by atoms with van der Waals surface area (Å²) in [6.07, 6.45) is 9.96. The van der Waals surface area contributed by atoms with E-state index >= 15 is 0 Å². The van der Waals surface area contributed by atoms with Gasteiger partial charge in [-0.3, -0.25) is 9.59 Å². The lowest BCUT2D eigenvalue weighted by Crippen LogP contribution is -2.53. The fraction of sp³-hybridized carbons (Fsp3) is 0.680. The lowest BCUT2D eigenvalue weighted by Gasteiger charge is -2.42. The standard InChI is InChI=1S/C25H36N2O3/c1-19-18-30-22-12-5-4-8-20(22)9-6-7-13-25(24(29)26-19)14-16-27(17-15-25)23(28)21-10-2-3-11-21/h4-5,8,12,19,21H,2-3,6-7,9-11,13-18H2,1H3,(H,26,29)/t19-/m1/s1. The summed E-state index contributed by atoms with van der Waals surface area (Å²) in [6, 6.07) is 8.20. The van der Waals surface area contributed by atoms with Gasteiger partial charge in [0.15, 0.2) is 0 Å². The van der Waals surface area contributed by atoms with Crippen LogP contribution in [0.25, 0.3) is 0 Å². The van der Waals surface area contributed by atoms with Gasteiger partial charge < -0.3 is 15.0 Å². The number of carbonyl (C=O) groups is 2. The van der Waals surface area contributed by atoms with Crippen molar-refractivity contribution in [2.45, 2.75) is 77.2 Å². The van der Waals surface area contributed by atoms with E-state index in [1.54, 1.807) is 0 Å². The minimum Gasteiger partial charge on any atom is -0.491 e. The summed E-state index contributed by atoms with van der Waals surface area (Å²) in [5.74, 6) is 1.64. The van der Waals surface area contributed by atoms with Gasteiger partial charge in [0.1, 0.15) is 12.4 Å². The molecule has 3 aliphatic rings. The van der Waals surface area contributed by atoms with Crippen molar-refractivity contribution in [3.8, 4) is 5.75 Å². The highest BCUT2D eigenvalue weighted by Crippen LogP contribution is 2.39. The molecule has 30 heavy (non-hydrogen) atoms. The van der Waals surface area contributed by atoms with Crippen molar-refractivity contribution in [3.63, 3.8) is 0 Å². The first-order valence-electron chi connectivity index (χ1n) is 11.9. The summed E-state index contributed by atoms with van der Waals surface area (Å²) in [7, 11) is 0. The average Bonchev–Trinajstić information content (AvgIpc) is 3.30. The lowest BCUT2D eigenvalue weighted by molar-refractivity contribution is -0.143. The molecule has 1 aromatic rings. The van der Waals surface area contributed by atoms with Crippen LogP contribution in [0.2, 0.25) is 0 Å². The van der Waals surface area contributed by atoms with E-state index in [1.807, 2.05) is 24.0 Å². The maximum Gasteiger partial charge on any atom is 0.226 e. The van der Waals surface area contributed by atoms with E-state index in [9.17, 15) is 9.59 Å². The van der Waals surface area contributed by atoms with Crippen molar-refractivity contribution in [1.82, 2.24) is 10.2 Å². The predicted octanol–water partition coefficient (Wildman–Crippen LogP) is 4.10. The van der Waals surface area contributed by atoms with Gasteiger partial charge in [-0.1, -0.05) is 37.5 Å². The first kappa shape index (κ1) is 21.2. The van der Waals surface area contributed by atoms with Crippen LogP contribution >= 0.6 is 0 Å². The molecule has 1 saturated carbocycles. The molecule has 4 rings (SSSR count). The van der Waals surface area contributed by atoms with Crippen molar-refractivity contribution in [1.29, 1.82) is 0 Å². The predicted molar refractivity (Wildman–Crippen MR) is 117 cm³/mol. The van der Waals surface area contributed by atoms with Gasteiger partial charge in [-0.15, -0.1) is 0 Å². The largest absolute Gasteiger partial charge is 0.491 e. The van der Waals surface area contributed by atoms with Crippen LogP contribution in [0.3, 0.4) is 0 Å². The Hall–Kier alpha value is -2.04. The zero-order valence-corrected chi connectivity index (χ0v) is 18.3. The smallest absolute Gasteiger partial charge is 0.226 e. The molecule has 1 atom stereocenters. The quantitative estimate of drug-likeness (QED) is 0.756. The van der Waals surface area contributed by atoms with Crippen LogP contribution in [0.5, 0.6) is 5.75 Å². The van der Waals surface area contributed by atoms with Gasteiger partial charge >= 0.3 is 0 Å². The first-order chi connectivity index (χ1) is 14.6. The Morgan fingerprint density at radius 2 is 1.80 bits per heavy atom. The fourth-order valence-corrected chi connectivity index (χ4v) is 5.44. The Labute approximate surface area is 180 Å². The molecule has 0 unspecified atom stereocenters. The molecule has 5 heteroatoms. The zero-order valence-electron chi connectivity index (χ0n) is 18.3. The SMILES string of the molecule is C[C@@H]1COc2ccccc2CCCCC2(CCN(C(=O)C3CCCC3)CC2)C(=O)N1. The third-order valence-electron chi connectivity index (χ3n) is 7.41. The van der Waals surface area contributed by atoms with Crippen LogP contribution in [0.4, 0.5) is 0 Å². The zero-order chi connectivity index (χ0) is 21.0. The van der Waals surface area contributed by atoms with E-state index in [2.05, 4.69) is 17.4 Å². The minimum absolute atomic E-state index is 0.0417. The number of ether oxygens (including phenoxy) is 1. The molecule has 2 fully saturated rings. The Morgan fingerprint density at radius 3 is 2.57 bits per heavy atom. The highest BCUT2D eigenvalue weighted by Gasteiger charge is 2.43. The Bertz CT molecular complexity index is 749. The Morgan fingerprint density at radius 1 is 1.07 bits per heavy atom. The molecule has 1 aliphatic carbocycles. The van der Waals surface area contributed by atoms with Crippen LogP contribution in [-0.2, 0) is 16.0 Å². The van der Waals surface area contributed by atoms with E-state index in [0.717, 1.165) is 70.2 Å². The molecule has 1 spiro atoms. The number of fused-ring (bicyclic) bond motifs is 1. The molecule has 0 bridgehead atoms. The maximum absolute atomic E-state index is 13.3. The maximum atomic E-state index is 13.3. The van der Waals surface area contributed by atoms with Gasteiger partial charge in [0.25, 0.3) is 0 Å². The molecular weight excluding hydrogens is 376 g/mol. The third kappa shape index (κ3) is 4.65. The van der Waals surface area contributed by atoms with Gasteiger partial charge in [0.2, 0.25) is 11.8 Å². The summed E-state index contributed by atoms with van der Waals surface area (Å²) < 4.78 is 6.03. The second-order valence-electron chi connectivity index (χ2n) is 9.59. The number of likely N-dealkylation sites (tertiary alicyclic amines) is 1. The molecule has 5 nitrogen and oxygen atoms in total. The molecule has 164 valence electrons. The number of rotatable bonds is 1. The highest BCUT2D eigenvalue weighted by atomic mass is 16.5. The molecule has 2 aliphatic heterocycles. The number of nitrogens with one attached hydrogen (secondary N) is 1. The number of para-hydroxylation sites is 1. The summed E-state index contributed by atoms with van der Waals surface area (Å²) in [4.78, 5) is 28.2. The van der Waals surface area contributed by atoms with Crippen LogP contribution in [0.1, 0.15) is 70.3 Å². The van der Waals surface area contributed by atoms with E-state index in [-0.39, 0.29) is 23.3 Å². The van der Waals surface area contributed by atoms with Crippen LogP contribution in [0, 0.1) is 11.3 Å². The number of piperidine rings is 1. The highest BCUT2D eigenvalue weighted by molar-refractivity contribution is 5.84. The van der Waals surface area contributed by atoms with E-state index < -0.39 is 0 Å². The number of aryl methyl sites for hydroxylation is 1. The molecular formula is C25H36N2O3. The number of benzene rings is 1. The Kier molecular flexibility index (Phi) is 6.64. The minimum atomic E-state index is -0.348. The van der Waals surface area contributed by atoms with Crippen molar-refractivity contribution in [2.75, 3.05) is 19.7 Å². The molecule has 2 amide bonds. The lowest BCUT2D eigenvalue weighted by atomic mass is 9.73. The molecule has 2 heterocycles. The summed E-state index contributed by atoms with van der Waals surface area (Å²) in [6.45, 7) is 3.93. The number of hydrogen-bond donors (Lipinski definition) is 1. The molecule has 1 aromatic carbocycles. The molecule has 0 aromatic heterocycles. The van der Waals surface area contributed by atoms with Gasteiger partial charge in [0.05, 0.1) is 11.5 Å². The first-order valence-corrected chi connectivity index (χ1v) is 11.9. The molecule has 1 N–H and O–H groups in total. The normalized spacial score (nSPS) is 25.6. The third-order valence-corrected chi connectivity index (χ3v) is 7.41. The second-order valence-corrected chi connectivity index (χ2v) is 9.59. The topological polar surface area (TPSA) is 58.6 Å². The van der Waals surface area contributed by atoms with Crippen molar-refractivity contribution >= 4 is 11.8 Å². The monoisotopic (exact) mass is 412 g/mol. The number of carbonyl (C=O) groups excluding carboxylic acids is 2. The van der Waals surface area contributed by atoms with E-state index in [0.29, 0.717) is 12.5 Å².